The van der Waals surface area contributed by atoms with Crippen LogP contribution in [0.3, 0.4) is 0 Å². The van der Waals surface area contributed by atoms with Gasteiger partial charge in [0.15, 0.2) is 5.82 Å². The molecule has 6 rings (SSSR count). The molecule has 0 radical (unpaired) electrons. The van der Waals surface area contributed by atoms with E-state index >= 15 is 0 Å². The minimum atomic E-state index is -4.69. The van der Waals surface area contributed by atoms with Gasteiger partial charge < -0.3 is 19.6 Å². The summed E-state index contributed by atoms with van der Waals surface area (Å²) in [5, 5.41) is 0. The number of benzene rings is 1. The van der Waals surface area contributed by atoms with Crippen LogP contribution in [0.25, 0.3) is 33.9 Å². The monoisotopic (exact) mass is 678 g/mol. The number of nitrogens with one attached hydrogen (secondary N) is 2. The molecule has 2 aliphatic heterocycles. The number of hydrogen-bond donors (Lipinski definition) is 2. The van der Waals surface area contributed by atoms with E-state index in [2.05, 4.69) is 29.9 Å². The standard InChI is InChI=1S/C35H41F3N8O3/c1-32(2,3)34(14-8-15-45(34)20-47)30-43-26(27(44-30)35(36,37)38)21-10-12-22(13-11-21)28-39-17-23(18-40-28)24-19-41-29(42-24)25-9-7-16-46(25)31(48)49-33(4,5)6/h10-13,17-20,25H,7-9,14-16H2,1-6H3,(H,41,42)(H,43,44)/t25-,34+/m0/s1. The molecule has 0 unspecified atom stereocenters. The molecule has 3 aromatic heterocycles. The van der Waals surface area contributed by atoms with E-state index in [0.29, 0.717) is 60.8 Å². The zero-order chi connectivity index (χ0) is 35.4. The number of H-pyrrole nitrogens is 2. The Kier molecular flexibility index (Phi) is 8.56. The zero-order valence-electron chi connectivity index (χ0n) is 28.5. The molecule has 49 heavy (non-hydrogen) atoms. The number of rotatable bonds is 6. The van der Waals surface area contributed by atoms with Crippen LogP contribution in [-0.4, -0.2) is 70.9 Å². The maximum absolute atomic E-state index is 14.4. The lowest BCUT2D eigenvalue weighted by Gasteiger charge is -2.45. The van der Waals surface area contributed by atoms with Gasteiger partial charge in [0.1, 0.15) is 34.2 Å². The summed E-state index contributed by atoms with van der Waals surface area (Å²) >= 11 is 0. The van der Waals surface area contributed by atoms with Crippen molar-refractivity contribution in [3.05, 3.63) is 60.2 Å². The second-order valence-electron chi connectivity index (χ2n) is 14.7. The van der Waals surface area contributed by atoms with E-state index in [1.54, 1.807) is 52.7 Å². The van der Waals surface area contributed by atoms with Crippen LogP contribution in [0.5, 0.6) is 0 Å². The van der Waals surface area contributed by atoms with Gasteiger partial charge in [0.05, 0.1) is 17.9 Å². The number of hydrogen-bond acceptors (Lipinski definition) is 7. The molecular weight excluding hydrogens is 637 g/mol. The van der Waals surface area contributed by atoms with Crippen LogP contribution in [0.1, 0.15) is 90.6 Å². The first-order chi connectivity index (χ1) is 23.0. The number of imidazole rings is 2. The Labute approximate surface area is 282 Å². The van der Waals surface area contributed by atoms with Gasteiger partial charge in [-0.3, -0.25) is 9.69 Å². The summed E-state index contributed by atoms with van der Waals surface area (Å²) in [5.74, 6) is 1.17. The number of amides is 2. The summed E-state index contributed by atoms with van der Waals surface area (Å²) in [4.78, 5) is 52.0. The summed E-state index contributed by atoms with van der Waals surface area (Å²) in [6, 6.07) is 6.22. The van der Waals surface area contributed by atoms with Crippen molar-refractivity contribution in [2.24, 2.45) is 5.41 Å². The predicted molar refractivity (Wildman–Crippen MR) is 176 cm³/mol. The second kappa shape index (κ2) is 12.3. The average Bonchev–Trinajstić information content (AvgIpc) is 3.84. The van der Waals surface area contributed by atoms with Crippen molar-refractivity contribution in [3.8, 4) is 33.9 Å². The zero-order valence-corrected chi connectivity index (χ0v) is 28.5. The molecule has 2 aliphatic rings. The Bertz CT molecular complexity index is 1820. The van der Waals surface area contributed by atoms with Gasteiger partial charge in [0.25, 0.3) is 0 Å². The van der Waals surface area contributed by atoms with Crippen molar-refractivity contribution in [2.45, 2.75) is 90.6 Å². The van der Waals surface area contributed by atoms with Crippen LogP contribution >= 0.6 is 0 Å². The third-order valence-electron chi connectivity index (χ3n) is 9.35. The first-order valence-electron chi connectivity index (χ1n) is 16.4. The molecule has 0 aliphatic carbocycles. The molecule has 11 nitrogen and oxygen atoms in total. The molecule has 5 heterocycles. The van der Waals surface area contributed by atoms with Gasteiger partial charge in [0.2, 0.25) is 6.41 Å². The van der Waals surface area contributed by atoms with Crippen LogP contribution in [0.4, 0.5) is 18.0 Å². The first kappa shape index (κ1) is 34.1. The fourth-order valence-corrected chi connectivity index (χ4v) is 7.02. The molecular formula is C35H41F3N8O3. The number of nitrogens with zero attached hydrogens (tertiary/aromatic N) is 6. The van der Waals surface area contributed by atoms with E-state index in [-0.39, 0.29) is 29.2 Å². The number of likely N-dealkylation sites (tertiary alicyclic amines) is 2. The van der Waals surface area contributed by atoms with Gasteiger partial charge >= 0.3 is 12.3 Å². The topological polar surface area (TPSA) is 133 Å². The second-order valence-corrected chi connectivity index (χ2v) is 14.7. The maximum atomic E-state index is 14.4. The molecule has 0 bridgehead atoms. The molecule has 0 saturated carbocycles. The van der Waals surface area contributed by atoms with Gasteiger partial charge in [-0.2, -0.15) is 13.2 Å². The Morgan fingerprint density at radius 2 is 1.59 bits per heavy atom. The van der Waals surface area contributed by atoms with E-state index in [9.17, 15) is 22.8 Å². The summed E-state index contributed by atoms with van der Waals surface area (Å²) in [6.45, 7) is 12.3. The van der Waals surface area contributed by atoms with Crippen molar-refractivity contribution in [3.63, 3.8) is 0 Å². The van der Waals surface area contributed by atoms with Crippen LogP contribution < -0.4 is 0 Å². The third kappa shape index (κ3) is 6.40. The van der Waals surface area contributed by atoms with Crippen LogP contribution in [0.2, 0.25) is 0 Å². The molecule has 0 spiro atoms. The van der Waals surface area contributed by atoms with Crippen molar-refractivity contribution >= 4 is 12.5 Å². The minimum absolute atomic E-state index is 0.127. The number of carbonyl (C=O) groups excluding carboxylic acids is 2. The van der Waals surface area contributed by atoms with E-state index in [1.807, 2.05) is 41.5 Å². The molecule has 4 aromatic rings. The Morgan fingerprint density at radius 1 is 0.918 bits per heavy atom. The van der Waals surface area contributed by atoms with Crippen molar-refractivity contribution in [1.82, 2.24) is 39.7 Å². The van der Waals surface area contributed by atoms with Gasteiger partial charge in [-0.25, -0.2) is 24.7 Å². The maximum Gasteiger partial charge on any atom is 0.433 e. The SMILES string of the molecule is CC(C)(C)OC(=O)N1CCC[C@H]1c1ncc(-c2cnc(-c3ccc(-c4nc([C@@]5(C(C)(C)C)CCCN5C=O)[nH]c4C(F)(F)F)cc3)nc2)[nH]1. The fourth-order valence-electron chi connectivity index (χ4n) is 7.02. The first-order valence-corrected chi connectivity index (χ1v) is 16.4. The van der Waals surface area contributed by atoms with Crippen LogP contribution in [-0.2, 0) is 21.2 Å². The lowest BCUT2D eigenvalue weighted by Crippen LogP contribution is -2.51. The Balaban J connectivity index is 1.23. The molecule has 2 atom stereocenters. The molecule has 2 N–H and O–H groups in total. The van der Waals surface area contributed by atoms with Gasteiger partial charge in [-0.15, -0.1) is 0 Å². The average molecular weight is 679 g/mol. The van der Waals surface area contributed by atoms with E-state index < -0.39 is 28.4 Å². The smallest absolute Gasteiger partial charge is 0.433 e. The minimum Gasteiger partial charge on any atom is -0.444 e. The van der Waals surface area contributed by atoms with Gasteiger partial charge in [-0.1, -0.05) is 45.0 Å². The van der Waals surface area contributed by atoms with Gasteiger partial charge in [0, 0.05) is 42.2 Å². The number of aromatic amines is 2. The quantitative estimate of drug-likeness (QED) is 0.202. The van der Waals surface area contributed by atoms with Crippen LogP contribution in [0.15, 0.2) is 42.9 Å². The largest absolute Gasteiger partial charge is 0.444 e. The highest BCUT2D eigenvalue weighted by molar-refractivity contribution is 5.70. The summed E-state index contributed by atoms with van der Waals surface area (Å²) in [6.07, 6.45) is 3.35. The van der Waals surface area contributed by atoms with Crippen LogP contribution in [0, 0.1) is 5.41 Å². The number of ether oxygens (including phenoxy) is 1. The highest BCUT2D eigenvalue weighted by Crippen LogP contribution is 2.51. The van der Waals surface area contributed by atoms with E-state index in [4.69, 9.17) is 4.74 Å². The van der Waals surface area contributed by atoms with Crippen molar-refractivity contribution in [2.75, 3.05) is 13.1 Å². The normalized spacial score (nSPS) is 20.2. The Morgan fingerprint density at radius 3 is 2.20 bits per heavy atom. The fraction of sp³-hybridized carbons (Fsp3) is 0.486. The summed E-state index contributed by atoms with van der Waals surface area (Å²) in [5.41, 5.74) is -1.12. The molecule has 1 aromatic carbocycles. The molecule has 260 valence electrons. The number of aromatic nitrogens is 6. The van der Waals surface area contributed by atoms with E-state index in [1.165, 1.54) is 0 Å². The predicted octanol–water partition coefficient (Wildman–Crippen LogP) is 7.51. The Hall–Kier alpha value is -4.75. The third-order valence-corrected chi connectivity index (χ3v) is 9.35. The van der Waals surface area contributed by atoms with Crippen molar-refractivity contribution in [1.29, 1.82) is 0 Å². The van der Waals surface area contributed by atoms with Gasteiger partial charge in [-0.05, 0) is 51.9 Å². The lowest BCUT2D eigenvalue weighted by atomic mass is 9.71. The van der Waals surface area contributed by atoms with E-state index in [0.717, 1.165) is 12.8 Å². The molecule has 2 amide bonds. The van der Waals surface area contributed by atoms with Crippen molar-refractivity contribution < 1.29 is 27.5 Å². The summed E-state index contributed by atoms with van der Waals surface area (Å²) in [7, 11) is 0. The molecule has 2 saturated heterocycles. The highest BCUT2D eigenvalue weighted by atomic mass is 19.4. The highest BCUT2D eigenvalue weighted by Gasteiger charge is 2.54. The number of alkyl halides is 3. The number of carbonyl (C=O) groups is 2. The molecule has 14 heteroatoms. The lowest BCUT2D eigenvalue weighted by molar-refractivity contribution is -0.140. The number of halogens is 3. The summed E-state index contributed by atoms with van der Waals surface area (Å²) < 4.78 is 48.6. The molecule has 2 fully saturated rings.